The first kappa shape index (κ1) is 20.0. The van der Waals surface area contributed by atoms with Crippen molar-refractivity contribution in [3.05, 3.63) is 90.0 Å². The van der Waals surface area contributed by atoms with E-state index in [0.29, 0.717) is 5.17 Å². The van der Waals surface area contributed by atoms with E-state index >= 15 is 0 Å². The first-order chi connectivity index (χ1) is 13.7. The summed E-state index contributed by atoms with van der Waals surface area (Å²) >= 11 is 3.14. The van der Waals surface area contributed by atoms with Gasteiger partial charge in [0.25, 0.3) is 0 Å². The van der Waals surface area contributed by atoms with Crippen LogP contribution in [0.2, 0.25) is 0 Å². The molecule has 0 aliphatic rings. The summed E-state index contributed by atoms with van der Waals surface area (Å²) in [5.74, 6) is 1.62. The maximum absolute atomic E-state index is 5.96. The molecule has 0 atom stereocenters. The van der Waals surface area contributed by atoms with Gasteiger partial charge in [0, 0.05) is 21.1 Å². The maximum atomic E-state index is 5.96. The van der Waals surface area contributed by atoms with Gasteiger partial charge in [0.1, 0.15) is 5.75 Å². The number of rotatable bonds is 7. The van der Waals surface area contributed by atoms with Crippen LogP contribution in [0.3, 0.4) is 0 Å². The van der Waals surface area contributed by atoms with E-state index in [-0.39, 0.29) is 0 Å². The van der Waals surface area contributed by atoms with Gasteiger partial charge < -0.3 is 10.5 Å². The zero-order valence-corrected chi connectivity index (χ0v) is 17.1. The molecule has 4 nitrogen and oxygen atoms in total. The van der Waals surface area contributed by atoms with Crippen LogP contribution in [0.15, 0.2) is 98.9 Å². The van der Waals surface area contributed by atoms with Crippen molar-refractivity contribution in [3.63, 3.8) is 0 Å². The summed E-state index contributed by atoms with van der Waals surface area (Å²) in [7, 11) is 1.66. The fourth-order valence-electron chi connectivity index (χ4n) is 2.36. The molecule has 0 fully saturated rings. The normalized spacial score (nSPS) is 11.7. The Morgan fingerprint density at radius 2 is 1.68 bits per heavy atom. The molecule has 0 amide bonds. The Hall–Kier alpha value is -2.70. The van der Waals surface area contributed by atoms with Crippen LogP contribution >= 0.6 is 23.5 Å². The fourth-order valence-corrected chi connectivity index (χ4v) is 3.88. The van der Waals surface area contributed by atoms with Crippen molar-refractivity contribution in [1.82, 2.24) is 0 Å². The first-order valence-electron chi connectivity index (χ1n) is 8.69. The number of nitrogens with two attached hydrogens (primary N) is 1. The highest BCUT2D eigenvalue weighted by Gasteiger charge is 2.03. The molecular formula is C22H21N3OS2. The second-order valence-electron chi connectivity index (χ2n) is 5.77. The van der Waals surface area contributed by atoms with Crippen molar-refractivity contribution in [3.8, 4) is 5.75 Å². The van der Waals surface area contributed by atoms with E-state index in [1.54, 1.807) is 25.1 Å². The highest BCUT2D eigenvalue weighted by molar-refractivity contribution is 8.13. The van der Waals surface area contributed by atoms with Gasteiger partial charge in [0.05, 0.1) is 13.3 Å². The molecule has 2 N–H and O–H groups in total. The zero-order chi connectivity index (χ0) is 19.6. The third-order valence-corrected chi connectivity index (χ3v) is 5.74. The summed E-state index contributed by atoms with van der Waals surface area (Å²) in [5, 5.41) is 8.72. The van der Waals surface area contributed by atoms with Gasteiger partial charge in [-0.3, -0.25) is 0 Å². The standard InChI is InChI=1S/C22H21N3OS2/c1-26-19-11-13-20(14-12-19)28-21-10-6-5-9-18(21)15-24-25-22(23)27-16-17-7-3-2-4-8-17/h2-15H,16H2,1H3,(H2,23,25). The lowest BCUT2D eigenvalue weighted by molar-refractivity contribution is 0.414. The largest absolute Gasteiger partial charge is 0.497 e. The third kappa shape index (κ3) is 6.18. The molecule has 3 rings (SSSR count). The van der Waals surface area contributed by atoms with Gasteiger partial charge in [0.2, 0.25) is 0 Å². The second-order valence-corrected chi connectivity index (χ2v) is 7.88. The van der Waals surface area contributed by atoms with Crippen LogP contribution in [0.1, 0.15) is 11.1 Å². The monoisotopic (exact) mass is 407 g/mol. The van der Waals surface area contributed by atoms with E-state index in [1.165, 1.54) is 17.3 Å². The lowest BCUT2D eigenvalue weighted by Crippen LogP contribution is -2.06. The van der Waals surface area contributed by atoms with Crippen molar-refractivity contribution < 1.29 is 4.74 Å². The Morgan fingerprint density at radius 1 is 0.964 bits per heavy atom. The summed E-state index contributed by atoms with van der Waals surface area (Å²) in [6, 6.07) is 26.2. The van der Waals surface area contributed by atoms with E-state index < -0.39 is 0 Å². The molecule has 0 bridgehead atoms. The first-order valence-corrected chi connectivity index (χ1v) is 10.5. The summed E-state index contributed by atoms with van der Waals surface area (Å²) in [5.41, 5.74) is 8.15. The Balaban J connectivity index is 1.63. The van der Waals surface area contributed by atoms with Crippen molar-refractivity contribution >= 4 is 34.9 Å². The van der Waals surface area contributed by atoms with Crippen LogP contribution < -0.4 is 10.5 Å². The Morgan fingerprint density at radius 3 is 2.43 bits per heavy atom. The Bertz CT molecular complexity index is 942. The molecule has 0 aliphatic heterocycles. The predicted molar refractivity (Wildman–Crippen MR) is 121 cm³/mol. The highest BCUT2D eigenvalue weighted by Crippen LogP contribution is 2.30. The zero-order valence-electron chi connectivity index (χ0n) is 15.5. The lowest BCUT2D eigenvalue weighted by atomic mass is 10.2. The van der Waals surface area contributed by atoms with Gasteiger partial charge in [-0.1, -0.05) is 72.1 Å². The smallest absolute Gasteiger partial charge is 0.180 e. The van der Waals surface area contributed by atoms with Gasteiger partial charge >= 0.3 is 0 Å². The van der Waals surface area contributed by atoms with E-state index in [1.807, 2.05) is 60.7 Å². The van der Waals surface area contributed by atoms with E-state index in [4.69, 9.17) is 10.5 Å². The second kappa shape index (κ2) is 10.6. The Kier molecular flexibility index (Phi) is 7.58. The van der Waals surface area contributed by atoms with Crippen molar-refractivity contribution in [2.24, 2.45) is 15.9 Å². The number of hydrogen-bond acceptors (Lipinski definition) is 5. The molecule has 28 heavy (non-hydrogen) atoms. The quantitative estimate of drug-likeness (QED) is 0.322. The number of hydrogen-bond donors (Lipinski definition) is 1. The third-order valence-electron chi connectivity index (χ3n) is 3.79. The minimum Gasteiger partial charge on any atom is -0.497 e. The molecule has 0 aromatic heterocycles. The topological polar surface area (TPSA) is 60.0 Å². The lowest BCUT2D eigenvalue weighted by Gasteiger charge is -2.06. The molecule has 0 spiro atoms. The number of benzene rings is 3. The molecule has 142 valence electrons. The number of amidine groups is 1. The van der Waals surface area contributed by atoms with Crippen LogP contribution in [0, 0.1) is 0 Å². The number of nitrogens with zero attached hydrogens (tertiary/aromatic N) is 2. The van der Waals surface area contributed by atoms with E-state index in [2.05, 4.69) is 28.4 Å². The predicted octanol–water partition coefficient (Wildman–Crippen LogP) is 5.43. The van der Waals surface area contributed by atoms with Crippen LogP contribution in [0.4, 0.5) is 0 Å². The molecule has 3 aromatic carbocycles. The van der Waals surface area contributed by atoms with Crippen molar-refractivity contribution in [2.75, 3.05) is 7.11 Å². The van der Waals surface area contributed by atoms with Crippen LogP contribution in [-0.2, 0) is 5.75 Å². The highest BCUT2D eigenvalue weighted by atomic mass is 32.2. The number of ether oxygens (including phenoxy) is 1. The Labute approximate surface area is 173 Å². The van der Waals surface area contributed by atoms with Crippen LogP contribution in [-0.4, -0.2) is 18.5 Å². The average Bonchev–Trinajstić information content (AvgIpc) is 2.75. The van der Waals surface area contributed by atoms with Crippen LogP contribution in [0.25, 0.3) is 0 Å². The number of thioether (sulfide) groups is 1. The summed E-state index contributed by atoms with van der Waals surface area (Å²) in [4.78, 5) is 2.23. The van der Waals surface area contributed by atoms with Crippen molar-refractivity contribution in [1.29, 1.82) is 0 Å². The number of methoxy groups -OCH3 is 1. The van der Waals surface area contributed by atoms with Gasteiger partial charge in [-0.2, -0.15) is 5.10 Å². The van der Waals surface area contributed by atoms with Crippen LogP contribution in [0.5, 0.6) is 5.75 Å². The SMILES string of the molecule is COc1ccc(Sc2ccccc2C=NN=C(N)SCc2ccccc2)cc1. The van der Waals surface area contributed by atoms with Gasteiger partial charge in [0.15, 0.2) is 5.17 Å². The van der Waals surface area contributed by atoms with Gasteiger partial charge in [-0.05, 0) is 35.9 Å². The molecule has 0 aliphatic carbocycles. The summed E-state index contributed by atoms with van der Waals surface area (Å²) < 4.78 is 5.21. The van der Waals surface area contributed by atoms with E-state index in [9.17, 15) is 0 Å². The maximum Gasteiger partial charge on any atom is 0.180 e. The summed E-state index contributed by atoms with van der Waals surface area (Å²) in [6.45, 7) is 0. The molecule has 0 unspecified atom stereocenters. The molecule has 3 aromatic rings. The van der Waals surface area contributed by atoms with Crippen molar-refractivity contribution in [2.45, 2.75) is 15.5 Å². The minimum atomic E-state index is 0.445. The molecule has 0 radical (unpaired) electrons. The van der Waals surface area contributed by atoms with Gasteiger partial charge in [-0.25, -0.2) is 0 Å². The average molecular weight is 408 g/mol. The molecule has 0 saturated heterocycles. The molecule has 0 saturated carbocycles. The fraction of sp³-hybridized carbons (Fsp3) is 0.0909. The summed E-state index contributed by atoms with van der Waals surface area (Å²) in [6.07, 6.45) is 1.74. The molecule has 0 heterocycles. The van der Waals surface area contributed by atoms with Gasteiger partial charge in [-0.15, -0.1) is 5.10 Å². The van der Waals surface area contributed by atoms with E-state index in [0.717, 1.165) is 26.9 Å². The molecule has 6 heteroatoms. The minimum absolute atomic E-state index is 0.445. The molecular weight excluding hydrogens is 386 g/mol.